The van der Waals surface area contributed by atoms with Crippen LogP contribution in [0.25, 0.3) is 0 Å². The number of nitrogens with zero attached hydrogens (tertiary/aromatic N) is 1. The molecule has 1 atom stereocenters. The number of benzene rings is 1. The number of nitrogens with two attached hydrogens (primary N) is 1. The number of nitrogen functional groups attached to an aromatic ring is 1. The summed E-state index contributed by atoms with van der Waals surface area (Å²) < 4.78 is 6.35. The minimum absolute atomic E-state index is 0.341. The average Bonchev–Trinajstić information content (AvgIpc) is 2.66. The summed E-state index contributed by atoms with van der Waals surface area (Å²) in [6.07, 6.45) is 1.42. The SMILES string of the molecule is COC1CCN(c2ccc(Br)cc2N)C1. The van der Waals surface area contributed by atoms with E-state index in [0.29, 0.717) is 6.10 Å². The number of anilines is 2. The molecule has 2 rings (SSSR count). The zero-order valence-electron chi connectivity index (χ0n) is 8.74. The van der Waals surface area contributed by atoms with Crippen LogP contribution in [-0.2, 0) is 4.74 Å². The van der Waals surface area contributed by atoms with Crippen molar-refractivity contribution in [3.8, 4) is 0 Å². The van der Waals surface area contributed by atoms with E-state index in [0.717, 1.165) is 35.4 Å². The van der Waals surface area contributed by atoms with E-state index in [1.54, 1.807) is 7.11 Å². The summed E-state index contributed by atoms with van der Waals surface area (Å²) in [7, 11) is 1.76. The lowest BCUT2D eigenvalue weighted by Crippen LogP contribution is -2.23. The van der Waals surface area contributed by atoms with Gasteiger partial charge in [0, 0.05) is 24.7 Å². The second kappa shape index (κ2) is 4.41. The van der Waals surface area contributed by atoms with E-state index < -0.39 is 0 Å². The van der Waals surface area contributed by atoms with Gasteiger partial charge in [0.15, 0.2) is 0 Å². The molecule has 0 bridgehead atoms. The van der Waals surface area contributed by atoms with Crippen LogP contribution in [0, 0.1) is 0 Å². The Hall–Kier alpha value is -0.740. The highest BCUT2D eigenvalue weighted by molar-refractivity contribution is 9.10. The molecule has 15 heavy (non-hydrogen) atoms. The molecule has 1 aromatic rings. The van der Waals surface area contributed by atoms with Gasteiger partial charge >= 0.3 is 0 Å². The fourth-order valence-corrected chi connectivity index (χ4v) is 2.33. The second-order valence-corrected chi connectivity index (χ2v) is 4.71. The summed E-state index contributed by atoms with van der Waals surface area (Å²) in [5, 5.41) is 0. The van der Waals surface area contributed by atoms with Crippen LogP contribution in [0.5, 0.6) is 0 Å². The normalized spacial score (nSPS) is 20.9. The maximum absolute atomic E-state index is 5.98. The van der Waals surface area contributed by atoms with Crippen LogP contribution in [0.1, 0.15) is 6.42 Å². The van der Waals surface area contributed by atoms with E-state index in [1.807, 2.05) is 12.1 Å². The molecule has 0 aliphatic carbocycles. The summed E-state index contributed by atoms with van der Waals surface area (Å²) in [6, 6.07) is 6.01. The van der Waals surface area contributed by atoms with Crippen LogP contribution >= 0.6 is 15.9 Å². The molecule has 0 amide bonds. The summed E-state index contributed by atoms with van der Waals surface area (Å²) in [5.41, 5.74) is 7.91. The summed E-state index contributed by atoms with van der Waals surface area (Å²) >= 11 is 3.41. The van der Waals surface area contributed by atoms with Gasteiger partial charge < -0.3 is 15.4 Å². The molecular formula is C11H15BrN2O. The molecule has 0 spiro atoms. The van der Waals surface area contributed by atoms with Crippen molar-refractivity contribution in [3.05, 3.63) is 22.7 Å². The van der Waals surface area contributed by atoms with E-state index in [-0.39, 0.29) is 0 Å². The third kappa shape index (κ3) is 2.26. The topological polar surface area (TPSA) is 38.5 Å². The van der Waals surface area contributed by atoms with Crippen LogP contribution in [0.3, 0.4) is 0 Å². The zero-order valence-corrected chi connectivity index (χ0v) is 10.3. The highest BCUT2D eigenvalue weighted by atomic mass is 79.9. The summed E-state index contributed by atoms with van der Waals surface area (Å²) in [6.45, 7) is 1.95. The molecule has 1 aliphatic heterocycles. The second-order valence-electron chi connectivity index (χ2n) is 3.80. The highest BCUT2D eigenvalue weighted by Gasteiger charge is 2.23. The molecule has 0 saturated carbocycles. The number of hydrogen-bond donors (Lipinski definition) is 1. The Morgan fingerprint density at radius 3 is 2.93 bits per heavy atom. The monoisotopic (exact) mass is 270 g/mol. The standard InChI is InChI=1S/C11H15BrN2O/c1-15-9-4-5-14(7-9)11-3-2-8(12)6-10(11)13/h2-3,6,9H,4-5,7,13H2,1H3. The predicted octanol–water partition coefficient (Wildman–Crippen LogP) is 2.26. The van der Waals surface area contributed by atoms with Gasteiger partial charge in [-0.2, -0.15) is 0 Å². The molecule has 1 aromatic carbocycles. The highest BCUT2D eigenvalue weighted by Crippen LogP contribution is 2.29. The largest absolute Gasteiger partial charge is 0.397 e. The van der Waals surface area contributed by atoms with Crippen LogP contribution in [0.2, 0.25) is 0 Å². The van der Waals surface area contributed by atoms with E-state index in [9.17, 15) is 0 Å². The Morgan fingerprint density at radius 1 is 1.53 bits per heavy atom. The van der Waals surface area contributed by atoms with Gasteiger partial charge in [-0.3, -0.25) is 0 Å². The summed E-state index contributed by atoms with van der Waals surface area (Å²) in [5.74, 6) is 0. The van der Waals surface area contributed by atoms with Gasteiger partial charge in [-0.25, -0.2) is 0 Å². The van der Waals surface area contributed by atoms with Crippen molar-refractivity contribution in [1.29, 1.82) is 0 Å². The van der Waals surface area contributed by atoms with Crippen molar-refractivity contribution in [3.63, 3.8) is 0 Å². The Morgan fingerprint density at radius 2 is 2.33 bits per heavy atom. The molecule has 1 aliphatic rings. The lowest BCUT2D eigenvalue weighted by atomic mass is 10.2. The molecule has 82 valence electrons. The minimum atomic E-state index is 0.341. The van der Waals surface area contributed by atoms with Gasteiger partial charge in [-0.15, -0.1) is 0 Å². The Bertz CT molecular complexity index is 356. The molecule has 0 radical (unpaired) electrons. The van der Waals surface area contributed by atoms with Crippen molar-refractivity contribution in [1.82, 2.24) is 0 Å². The molecule has 1 fully saturated rings. The van der Waals surface area contributed by atoms with Gasteiger partial charge in [0.25, 0.3) is 0 Å². The van der Waals surface area contributed by atoms with Crippen LogP contribution in [0.15, 0.2) is 22.7 Å². The third-order valence-electron chi connectivity index (χ3n) is 2.81. The van der Waals surface area contributed by atoms with Crippen molar-refractivity contribution in [2.45, 2.75) is 12.5 Å². The van der Waals surface area contributed by atoms with Crippen molar-refractivity contribution in [2.24, 2.45) is 0 Å². The van der Waals surface area contributed by atoms with Gasteiger partial charge in [-0.05, 0) is 24.6 Å². The number of halogens is 1. The quantitative estimate of drug-likeness (QED) is 0.838. The maximum Gasteiger partial charge on any atom is 0.0762 e. The fourth-order valence-electron chi connectivity index (χ4n) is 1.95. The smallest absolute Gasteiger partial charge is 0.0762 e. The van der Waals surface area contributed by atoms with E-state index in [1.165, 1.54) is 0 Å². The first-order valence-corrected chi connectivity index (χ1v) is 5.83. The van der Waals surface area contributed by atoms with Crippen molar-refractivity contribution < 1.29 is 4.74 Å². The molecule has 1 saturated heterocycles. The van der Waals surface area contributed by atoms with Gasteiger partial charge in [0.2, 0.25) is 0 Å². The Balaban J connectivity index is 2.17. The first kappa shape index (κ1) is 10.8. The Kier molecular flexibility index (Phi) is 3.17. The molecule has 3 nitrogen and oxygen atoms in total. The first-order valence-electron chi connectivity index (χ1n) is 5.03. The minimum Gasteiger partial charge on any atom is -0.397 e. The maximum atomic E-state index is 5.98. The summed E-state index contributed by atoms with van der Waals surface area (Å²) in [4.78, 5) is 2.27. The molecule has 4 heteroatoms. The van der Waals surface area contributed by atoms with Crippen LogP contribution in [0.4, 0.5) is 11.4 Å². The van der Waals surface area contributed by atoms with E-state index >= 15 is 0 Å². The predicted molar refractivity (Wildman–Crippen MR) is 66.2 cm³/mol. The average molecular weight is 271 g/mol. The van der Waals surface area contributed by atoms with Gasteiger partial charge in [-0.1, -0.05) is 15.9 Å². The third-order valence-corrected chi connectivity index (χ3v) is 3.30. The number of hydrogen-bond acceptors (Lipinski definition) is 3. The zero-order chi connectivity index (χ0) is 10.8. The molecule has 0 aromatic heterocycles. The molecule has 1 unspecified atom stereocenters. The van der Waals surface area contributed by atoms with Crippen LogP contribution in [-0.4, -0.2) is 26.3 Å². The van der Waals surface area contributed by atoms with Crippen LogP contribution < -0.4 is 10.6 Å². The van der Waals surface area contributed by atoms with Gasteiger partial charge in [0.1, 0.15) is 0 Å². The van der Waals surface area contributed by atoms with Gasteiger partial charge in [0.05, 0.1) is 17.5 Å². The number of ether oxygens (including phenoxy) is 1. The lowest BCUT2D eigenvalue weighted by molar-refractivity contribution is 0.121. The van der Waals surface area contributed by atoms with Crippen molar-refractivity contribution in [2.75, 3.05) is 30.8 Å². The first-order chi connectivity index (χ1) is 7.20. The Labute approximate surface area is 98.3 Å². The molecule has 1 heterocycles. The molecular weight excluding hydrogens is 256 g/mol. The lowest BCUT2D eigenvalue weighted by Gasteiger charge is -2.20. The number of rotatable bonds is 2. The van der Waals surface area contributed by atoms with Crippen molar-refractivity contribution >= 4 is 27.3 Å². The fraction of sp³-hybridized carbons (Fsp3) is 0.455. The van der Waals surface area contributed by atoms with E-state index in [2.05, 4.69) is 26.9 Å². The van der Waals surface area contributed by atoms with E-state index in [4.69, 9.17) is 10.5 Å². The number of methoxy groups -OCH3 is 1. The molecule has 2 N–H and O–H groups in total.